The number of hydrogen-bond acceptors (Lipinski definition) is 6. The Labute approximate surface area is 96.5 Å². The first kappa shape index (κ1) is 11.2. The van der Waals surface area contributed by atoms with Crippen LogP contribution in [-0.2, 0) is 0 Å². The third-order valence-corrected chi connectivity index (χ3v) is 2.16. The van der Waals surface area contributed by atoms with Gasteiger partial charge in [0.2, 0.25) is 0 Å². The van der Waals surface area contributed by atoms with Crippen LogP contribution in [0.5, 0.6) is 11.6 Å². The highest BCUT2D eigenvalue weighted by Gasteiger charge is 2.14. The first-order valence-corrected chi connectivity index (χ1v) is 4.67. The second-order valence-electron chi connectivity index (χ2n) is 3.23. The van der Waals surface area contributed by atoms with E-state index in [0.29, 0.717) is 10.9 Å². The monoisotopic (exact) mass is 230 g/mol. The van der Waals surface area contributed by atoms with Crippen molar-refractivity contribution in [1.82, 2.24) is 4.98 Å². The summed E-state index contributed by atoms with van der Waals surface area (Å²) >= 11 is 0. The summed E-state index contributed by atoms with van der Waals surface area (Å²) in [4.78, 5) is 3.88. The number of phenols is 1. The quantitative estimate of drug-likeness (QED) is 0.634. The summed E-state index contributed by atoms with van der Waals surface area (Å²) in [6.45, 7) is 0. The maximum Gasteiger partial charge on any atom is 0.708 e. The number of nitrogens with zero attached hydrogens (tertiary/aromatic N) is 2. The molecule has 0 spiro atoms. The zero-order valence-electron chi connectivity index (χ0n) is 8.53. The Hall–Kier alpha value is -2.30. The normalized spacial score (nSPS) is 9.94. The third kappa shape index (κ3) is 2.13. The molecule has 17 heavy (non-hydrogen) atoms. The van der Waals surface area contributed by atoms with E-state index in [4.69, 9.17) is 15.3 Å². The van der Waals surface area contributed by atoms with Crippen molar-refractivity contribution in [2.24, 2.45) is 0 Å². The first-order chi connectivity index (χ1) is 8.11. The molecule has 0 fully saturated rings. The van der Waals surface area contributed by atoms with Crippen molar-refractivity contribution in [3.63, 3.8) is 0 Å². The Kier molecular flexibility index (Phi) is 2.83. The highest BCUT2D eigenvalue weighted by molar-refractivity contribution is 6.33. The second kappa shape index (κ2) is 4.29. The minimum atomic E-state index is -1.98. The lowest BCUT2D eigenvalue weighted by Crippen LogP contribution is -2.21. The predicted molar refractivity (Wildman–Crippen MR) is 58.9 cm³/mol. The van der Waals surface area contributed by atoms with E-state index in [0.717, 1.165) is 0 Å². The summed E-state index contributed by atoms with van der Waals surface area (Å²) in [5.41, 5.74) is 0.531. The van der Waals surface area contributed by atoms with E-state index < -0.39 is 7.32 Å². The van der Waals surface area contributed by atoms with Gasteiger partial charge in [-0.15, -0.1) is 0 Å². The number of fused-ring (bicyclic) bond motifs is 1. The largest absolute Gasteiger partial charge is 0.708 e. The third-order valence-electron chi connectivity index (χ3n) is 2.16. The van der Waals surface area contributed by atoms with Gasteiger partial charge in [0.05, 0.1) is 11.6 Å². The highest BCUT2D eigenvalue weighted by atomic mass is 16.6. The lowest BCUT2D eigenvalue weighted by molar-refractivity contribution is 0.283. The smallest absolute Gasteiger partial charge is 0.506 e. The summed E-state index contributed by atoms with van der Waals surface area (Å²) in [5.74, 6) is -0.172. The Balaban J connectivity index is 2.62. The number of aromatic hydroxyl groups is 1. The van der Waals surface area contributed by atoms with Gasteiger partial charge >= 0.3 is 7.32 Å². The number of rotatable bonds is 2. The second-order valence-corrected chi connectivity index (χ2v) is 3.23. The molecule has 1 heterocycles. The summed E-state index contributed by atoms with van der Waals surface area (Å²) in [6.07, 6.45) is 0. The lowest BCUT2D eigenvalue weighted by Gasteiger charge is -2.06. The molecule has 2 rings (SSSR count). The van der Waals surface area contributed by atoms with E-state index in [-0.39, 0.29) is 17.1 Å². The first-order valence-electron chi connectivity index (χ1n) is 4.67. The van der Waals surface area contributed by atoms with E-state index in [2.05, 4.69) is 9.64 Å². The van der Waals surface area contributed by atoms with Crippen molar-refractivity contribution >= 4 is 18.2 Å². The van der Waals surface area contributed by atoms with Gasteiger partial charge in [0, 0.05) is 5.39 Å². The van der Waals surface area contributed by atoms with Gasteiger partial charge in [0.15, 0.2) is 5.88 Å². The number of hydrogen-bond donors (Lipinski definition) is 3. The van der Waals surface area contributed by atoms with Gasteiger partial charge in [-0.2, -0.15) is 5.26 Å². The van der Waals surface area contributed by atoms with Gasteiger partial charge in [0.1, 0.15) is 11.3 Å². The van der Waals surface area contributed by atoms with Crippen LogP contribution in [-0.4, -0.2) is 27.5 Å². The van der Waals surface area contributed by atoms with Crippen LogP contribution in [0.25, 0.3) is 10.9 Å². The van der Waals surface area contributed by atoms with E-state index in [1.165, 1.54) is 24.3 Å². The Morgan fingerprint density at radius 1 is 1.24 bits per heavy atom. The molecule has 0 amide bonds. The Bertz CT molecular complexity index is 609. The van der Waals surface area contributed by atoms with E-state index in [9.17, 15) is 5.11 Å². The number of pyridine rings is 1. The lowest BCUT2D eigenvalue weighted by atomic mass is 10.1. The van der Waals surface area contributed by atoms with Gasteiger partial charge in [0.25, 0.3) is 0 Å². The Morgan fingerprint density at radius 2 is 2.00 bits per heavy atom. The number of phenolic OH excluding ortho intramolecular Hbond substituents is 1. The van der Waals surface area contributed by atoms with Gasteiger partial charge in [-0.3, -0.25) is 0 Å². The van der Waals surface area contributed by atoms with Gasteiger partial charge in [-0.05, 0) is 24.3 Å². The average molecular weight is 230 g/mol. The van der Waals surface area contributed by atoms with Crippen molar-refractivity contribution in [1.29, 1.82) is 5.26 Å². The molecule has 0 saturated carbocycles. The fourth-order valence-electron chi connectivity index (χ4n) is 1.46. The average Bonchev–Trinajstić information content (AvgIpc) is 2.29. The molecule has 0 radical (unpaired) electrons. The number of aromatic nitrogens is 1. The molecule has 0 atom stereocenters. The molecule has 0 unspecified atom stereocenters. The molecule has 1 aromatic carbocycles. The molecule has 0 aliphatic rings. The van der Waals surface area contributed by atoms with Crippen molar-refractivity contribution in [3.8, 4) is 17.7 Å². The van der Waals surface area contributed by atoms with Gasteiger partial charge in [-0.1, -0.05) is 0 Å². The van der Waals surface area contributed by atoms with E-state index in [1.54, 1.807) is 0 Å². The molecule has 0 aliphatic heterocycles. The maximum atomic E-state index is 9.60. The zero-order chi connectivity index (χ0) is 12.4. The minimum absolute atomic E-state index is 0.0575. The molecule has 0 bridgehead atoms. The van der Waals surface area contributed by atoms with E-state index >= 15 is 0 Å². The number of nitriles is 1. The predicted octanol–water partition coefficient (Wildman–Crippen LogP) is 0.160. The van der Waals surface area contributed by atoms with Crippen molar-refractivity contribution in [2.45, 2.75) is 0 Å². The summed E-state index contributed by atoms with van der Waals surface area (Å²) in [7, 11) is -1.98. The van der Waals surface area contributed by atoms with Crippen LogP contribution in [0.2, 0.25) is 0 Å². The van der Waals surface area contributed by atoms with Crippen LogP contribution >= 0.6 is 0 Å². The zero-order valence-corrected chi connectivity index (χ0v) is 8.53. The van der Waals surface area contributed by atoms with Crippen LogP contribution < -0.4 is 4.65 Å². The maximum absolute atomic E-state index is 9.60. The summed E-state index contributed by atoms with van der Waals surface area (Å²) < 4.78 is 4.56. The van der Waals surface area contributed by atoms with E-state index in [1.807, 2.05) is 6.07 Å². The fourth-order valence-corrected chi connectivity index (χ4v) is 1.46. The van der Waals surface area contributed by atoms with Crippen LogP contribution in [0.4, 0.5) is 0 Å². The molecular formula is C10H7BN2O4. The Morgan fingerprint density at radius 3 is 2.65 bits per heavy atom. The summed E-state index contributed by atoms with van der Waals surface area (Å²) in [5, 5.41) is 36.2. The molecular weight excluding hydrogens is 223 g/mol. The van der Waals surface area contributed by atoms with Crippen molar-refractivity contribution in [2.75, 3.05) is 0 Å². The van der Waals surface area contributed by atoms with Gasteiger partial charge in [-0.25, -0.2) is 4.98 Å². The standard InChI is InChI=1S/C10H7BN2O4/c12-5-6-1-3-8(14)10-7(6)2-4-9(13-10)17-11(15)16/h1-4,14-16H. The van der Waals surface area contributed by atoms with Gasteiger partial charge < -0.3 is 19.8 Å². The summed E-state index contributed by atoms with van der Waals surface area (Å²) in [6, 6.07) is 7.67. The highest BCUT2D eigenvalue weighted by Crippen LogP contribution is 2.27. The molecule has 2 aromatic rings. The minimum Gasteiger partial charge on any atom is -0.506 e. The van der Waals surface area contributed by atoms with Crippen LogP contribution in [0.15, 0.2) is 24.3 Å². The van der Waals surface area contributed by atoms with Crippen molar-refractivity contribution < 1.29 is 19.8 Å². The fraction of sp³-hybridized carbons (Fsp3) is 0. The SMILES string of the molecule is N#Cc1ccc(O)c2nc(OB(O)O)ccc12. The molecule has 3 N–H and O–H groups in total. The van der Waals surface area contributed by atoms with Crippen LogP contribution in [0, 0.1) is 11.3 Å². The topological polar surface area (TPSA) is 107 Å². The van der Waals surface area contributed by atoms with Crippen LogP contribution in [0.3, 0.4) is 0 Å². The number of benzene rings is 1. The molecule has 0 aliphatic carbocycles. The van der Waals surface area contributed by atoms with Crippen LogP contribution in [0.1, 0.15) is 5.56 Å². The molecule has 84 valence electrons. The molecule has 1 aromatic heterocycles. The molecule has 0 saturated heterocycles. The van der Waals surface area contributed by atoms with Crippen molar-refractivity contribution in [3.05, 3.63) is 29.8 Å². The molecule has 6 nitrogen and oxygen atoms in total. The molecule has 7 heteroatoms.